The first-order valence-electron chi connectivity index (χ1n) is 7.53. The van der Waals surface area contributed by atoms with E-state index in [9.17, 15) is 9.59 Å². The van der Waals surface area contributed by atoms with E-state index in [-0.39, 0.29) is 11.8 Å². The molecule has 0 spiro atoms. The zero-order chi connectivity index (χ0) is 16.1. The van der Waals surface area contributed by atoms with Crippen LogP contribution in [-0.2, 0) is 4.79 Å². The molecule has 0 saturated carbocycles. The van der Waals surface area contributed by atoms with Gasteiger partial charge in [0.15, 0.2) is 0 Å². The SMILES string of the molecule is O=C(N/N=C\c1ccccc1)c1ccc(N2CCCC2=O)cc1. The molecule has 0 aromatic heterocycles. The number of hydrogen-bond acceptors (Lipinski definition) is 3. The highest BCUT2D eigenvalue weighted by Gasteiger charge is 2.21. The summed E-state index contributed by atoms with van der Waals surface area (Å²) in [5.74, 6) is -0.147. The van der Waals surface area contributed by atoms with Crippen LogP contribution < -0.4 is 10.3 Å². The van der Waals surface area contributed by atoms with Gasteiger partial charge in [0.2, 0.25) is 5.91 Å². The number of carbonyl (C=O) groups is 2. The maximum atomic E-state index is 12.0. The largest absolute Gasteiger partial charge is 0.312 e. The topological polar surface area (TPSA) is 61.8 Å². The number of anilines is 1. The fourth-order valence-corrected chi connectivity index (χ4v) is 2.48. The lowest BCUT2D eigenvalue weighted by molar-refractivity contribution is -0.117. The van der Waals surface area contributed by atoms with E-state index in [2.05, 4.69) is 10.5 Å². The molecule has 2 amide bonds. The summed E-state index contributed by atoms with van der Waals surface area (Å²) in [6.07, 6.45) is 3.07. The van der Waals surface area contributed by atoms with E-state index in [4.69, 9.17) is 0 Å². The van der Waals surface area contributed by atoms with Crippen LogP contribution in [0.25, 0.3) is 0 Å². The van der Waals surface area contributed by atoms with E-state index in [0.29, 0.717) is 12.0 Å². The van der Waals surface area contributed by atoms with Crippen molar-refractivity contribution < 1.29 is 9.59 Å². The van der Waals surface area contributed by atoms with Crippen molar-refractivity contribution in [1.82, 2.24) is 5.43 Å². The summed E-state index contributed by atoms with van der Waals surface area (Å²) in [5.41, 5.74) is 4.74. The van der Waals surface area contributed by atoms with E-state index < -0.39 is 0 Å². The maximum Gasteiger partial charge on any atom is 0.271 e. The predicted octanol–water partition coefficient (Wildman–Crippen LogP) is 2.58. The number of hydrazone groups is 1. The Bertz CT molecular complexity index is 724. The van der Waals surface area contributed by atoms with Gasteiger partial charge in [-0.25, -0.2) is 5.43 Å². The molecular weight excluding hydrogens is 290 g/mol. The maximum absolute atomic E-state index is 12.0. The van der Waals surface area contributed by atoms with Gasteiger partial charge in [-0.3, -0.25) is 9.59 Å². The van der Waals surface area contributed by atoms with Crippen LogP contribution in [0.15, 0.2) is 59.7 Å². The lowest BCUT2D eigenvalue weighted by Crippen LogP contribution is -2.24. The number of nitrogens with zero attached hydrogens (tertiary/aromatic N) is 2. The number of amides is 2. The first-order chi connectivity index (χ1) is 11.2. The van der Waals surface area contributed by atoms with Crippen LogP contribution in [-0.4, -0.2) is 24.6 Å². The Kier molecular flexibility index (Phi) is 4.47. The van der Waals surface area contributed by atoms with Crippen molar-refractivity contribution in [2.45, 2.75) is 12.8 Å². The Morgan fingerprint density at radius 2 is 1.83 bits per heavy atom. The minimum Gasteiger partial charge on any atom is -0.312 e. The summed E-state index contributed by atoms with van der Waals surface area (Å²) < 4.78 is 0. The van der Waals surface area contributed by atoms with Crippen LogP contribution in [0.2, 0.25) is 0 Å². The third-order valence-corrected chi connectivity index (χ3v) is 3.69. The second-order valence-corrected chi connectivity index (χ2v) is 5.31. The summed E-state index contributed by atoms with van der Waals surface area (Å²) in [7, 11) is 0. The normalized spacial score (nSPS) is 14.4. The number of benzene rings is 2. The van der Waals surface area contributed by atoms with Crippen LogP contribution in [0, 0.1) is 0 Å². The molecule has 2 aromatic carbocycles. The highest BCUT2D eigenvalue weighted by atomic mass is 16.2. The Balaban J connectivity index is 1.61. The van der Waals surface area contributed by atoms with Crippen LogP contribution in [0.1, 0.15) is 28.8 Å². The molecule has 1 N–H and O–H groups in total. The van der Waals surface area contributed by atoms with Crippen LogP contribution in [0.5, 0.6) is 0 Å². The van der Waals surface area contributed by atoms with Gasteiger partial charge in [-0.1, -0.05) is 30.3 Å². The fraction of sp³-hybridized carbons (Fsp3) is 0.167. The molecule has 5 heteroatoms. The molecule has 5 nitrogen and oxygen atoms in total. The monoisotopic (exact) mass is 307 g/mol. The van der Waals surface area contributed by atoms with Crippen molar-refractivity contribution in [3.05, 3.63) is 65.7 Å². The fourth-order valence-electron chi connectivity index (χ4n) is 2.48. The molecule has 0 bridgehead atoms. The highest BCUT2D eigenvalue weighted by Crippen LogP contribution is 2.21. The van der Waals surface area contributed by atoms with Crippen LogP contribution in [0.3, 0.4) is 0 Å². The third kappa shape index (κ3) is 3.63. The first-order valence-corrected chi connectivity index (χ1v) is 7.53. The minimum atomic E-state index is -0.281. The van der Waals surface area contributed by atoms with E-state index >= 15 is 0 Å². The lowest BCUT2D eigenvalue weighted by Gasteiger charge is -2.15. The average Bonchev–Trinajstić information content (AvgIpc) is 3.02. The molecule has 1 aliphatic rings. The van der Waals surface area contributed by atoms with Gasteiger partial charge in [-0.05, 0) is 36.2 Å². The van der Waals surface area contributed by atoms with Crippen LogP contribution >= 0.6 is 0 Å². The number of rotatable bonds is 4. The molecule has 0 unspecified atom stereocenters. The molecular formula is C18H17N3O2. The van der Waals surface area contributed by atoms with Crippen LogP contribution in [0.4, 0.5) is 5.69 Å². The van der Waals surface area contributed by atoms with Gasteiger partial charge in [0.05, 0.1) is 6.21 Å². The van der Waals surface area contributed by atoms with E-state index in [1.54, 1.807) is 35.4 Å². The predicted molar refractivity (Wildman–Crippen MR) is 89.5 cm³/mol. The van der Waals surface area contributed by atoms with Gasteiger partial charge >= 0.3 is 0 Å². The molecule has 1 aliphatic heterocycles. The average molecular weight is 307 g/mol. The molecule has 1 saturated heterocycles. The Labute approximate surface area is 134 Å². The summed E-state index contributed by atoms with van der Waals surface area (Å²) in [6, 6.07) is 16.5. The van der Waals surface area contributed by atoms with Crippen molar-refractivity contribution in [3.8, 4) is 0 Å². The van der Waals surface area contributed by atoms with Gasteiger partial charge in [0.25, 0.3) is 5.91 Å². The summed E-state index contributed by atoms with van der Waals surface area (Å²) in [6.45, 7) is 0.742. The van der Waals surface area contributed by atoms with Crippen molar-refractivity contribution in [2.24, 2.45) is 5.10 Å². The Hall–Kier alpha value is -2.95. The quantitative estimate of drug-likeness (QED) is 0.697. The van der Waals surface area contributed by atoms with E-state index in [0.717, 1.165) is 24.2 Å². The molecule has 2 aromatic rings. The molecule has 23 heavy (non-hydrogen) atoms. The summed E-state index contributed by atoms with van der Waals surface area (Å²) >= 11 is 0. The van der Waals surface area contributed by atoms with Gasteiger partial charge in [-0.2, -0.15) is 5.10 Å². The van der Waals surface area contributed by atoms with Crippen molar-refractivity contribution in [1.29, 1.82) is 0 Å². The second kappa shape index (κ2) is 6.87. The Morgan fingerprint density at radius 3 is 2.48 bits per heavy atom. The number of carbonyl (C=O) groups excluding carboxylic acids is 2. The van der Waals surface area contributed by atoms with Gasteiger partial charge in [0, 0.05) is 24.2 Å². The van der Waals surface area contributed by atoms with Crippen molar-refractivity contribution in [3.63, 3.8) is 0 Å². The Morgan fingerprint density at radius 1 is 1.09 bits per heavy atom. The molecule has 1 heterocycles. The van der Waals surface area contributed by atoms with Gasteiger partial charge < -0.3 is 4.90 Å². The first kappa shape index (κ1) is 15.0. The number of hydrogen-bond donors (Lipinski definition) is 1. The van der Waals surface area contributed by atoms with E-state index in [1.165, 1.54) is 0 Å². The van der Waals surface area contributed by atoms with E-state index in [1.807, 2.05) is 30.3 Å². The molecule has 3 rings (SSSR count). The molecule has 0 atom stereocenters. The molecule has 0 aliphatic carbocycles. The molecule has 1 fully saturated rings. The lowest BCUT2D eigenvalue weighted by atomic mass is 10.2. The minimum absolute atomic E-state index is 0.134. The highest BCUT2D eigenvalue weighted by molar-refractivity contribution is 5.97. The second-order valence-electron chi connectivity index (χ2n) is 5.31. The standard InChI is InChI=1S/C18H17N3O2/c22-17-7-4-12-21(17)16-10-8-15(9-11-16)18(23)20-19-13-14-5-2-1-3-6-14/h1-3,5-6,8-11,13H,4,7,12H2,(H,20,23)/b19-13-. The third-order valence-electron chi connectivity index (χ3n) is 3.69. The molecule has 116 valence electrons. The van der Waals surface area contributed by atoms with Gasteiger partial charge in [0.1, 0.15) is 0 Å². The number of nitrogens with one attached hydrogen (secondary N) is 1. The zero-order valence-electron chi connectivity index (χ0n) is 12.6. The van der Waals surface area contributed by atoms with Crippen molar-refractivity contribution in [2.75, 3.05) is 11.4 Å². The molecule has 0 radical (unpaired) electrons. The smallest absolute Gasteiger partial charge is 0.271 e. The summed E-state index contributed by atoms with van der Waals surface area (Å²) in [4.78, 5) is 25.5. The summed E-state index contributed by atoms with van der Waals surface area (Å²) in [5, 5.41) is 3.94. The van der Waals surface area contributed by atoms with Gasteiger partial charge in [-0.15, -0.1) is 0 Å². The van der Waals surface area contributed by atoms with Crippen molar-refractivity contribution >= 4 is 23.7 Å². The zero-order valence-corrected chi connectivity index (χ0v) is 12.6.